The van der Waals surface area contributed by atoms with Crippen molar-refractivity contribution in [2.45, 2.75) is 38.5 Å². The molecule has 0 amide bonds. The second-order valence-electron chi connectivity index (χ2n) is 3.89. The Kier molecular flexibility index (Phi) is 4.98. The SMILES string of the molecule is C=CCC1CCC(CCBr)CC1. The van der Waals surface area contributed by atoms with Crippen molar-refractivity contribution in [3.8, 4) is 0 Å². The minimum Gasteiger partial charge on any atom is -0.103 e. The van der Waals surface area contributed by atoms with Crippen molar-refractivity contribution in [1.29, 1.82) is 0 Å². The van der Waals surface area contributed by atoms with Gasteiger partial charge in [-0.2, -0.15) is 0 Å². The van der Waals surface area contributed by atoms with E-state index in [1.54, 1.807) is 0 Å². The van der Waals surface area contributed by atoms with Gasteiger partial charge in [0, 0.05) is 5.33 Å². The molecule has 0 saturated heterocycles. The molecule has 1 rings (SSSR count). The molecule has 1 heteroatoms. The number of rotatable bonds is 4. The normalized spacial score (nSPS) is 30.1. The van der Waals surface area contributed by atoms with Crippen LogP contribution in [0.2, 0.25) is 0 Å². The molecule has 0 aromatic carbocycles. The summed E-state index contributed by atoms with van der Waals surface area (Å²) in [7, 11) is 0. The molecule has 1 aliphatic rings. The van der Waals surface area contributed by atoms with Gasteiger partial charge in [-0.15, -0.1) is 6.58 Å². The van der Waals surface area contributed by atoms with Crippen LogP contribution >= 0.6 is 15.9 Å². The van der Waals surface area contributed by atoms with E-state index < -0.39 is 0 Å². The van der Waals surface area contributed by atoms with E-state index in [0.29, 0.717) is 0 Å². The van der Waals surface area contributed by atoms with E-state index in [9.17, 15) is 0 Å². The van der Waals surface area contributed by atoms with Gasteiger partial charge >= 0.3 is 0 Å². The van der Waals surface area contributed by atoms with Gasteiger partial charge in [-0.25, -0.2) is 0 Å². The van der Waals surface area contributed by atoms with Crippen molar-refractivity contribution in [3.63, 3.8) is 0 Å². The Balaban J connectivity index is 2.15. The minimum atomic E-state index is 0.953. The molecule has 0 nitrogen and oxygen atoms in total. The zero-order chi connectivity index (χ0) is 8.81. The highest BCUT2D eigenvalue weighted by atomic mass is 79.9. The molecule has 0 heterocycles. The van der Waals surface area contributed by atoms with Crippen molar-refractivity contribution >= 4 is 15.9 Å². The highest BCUT2D eigenvalue weighted by Crippen LogP contribution is 2.32. The number of halogens is 1. The van der Waals surface area contributed by atoms with Gasteiger partial charge in [-0.1, -0.05) is 34.8 Å². The molecule has 0 aliphatic heterocycles. The third kappa shape index (κ3) is 3.30. The Morgan fingerprint density at radius 3 is 2.25 bits per heavy atom. The fraction of sp³-hybridized carbons (Fsp3) is 0.818. The quantitative estimate of drug-likeness (QED) is 0.503. The first-order valence-electron chi connectivity index (χ1n) is 5.03. The summed E-state index contributed by atoms with van der Waals surface area (Å²) in [4.78, 5) is 0. The lowest BCUT2D eigenvalue weighted by atomic mass is 9.79. The summed E-state index contributed by atoms with van der Waals surface area (Å²) in [6.45, 7) is 3.80. The monoisotopic (exact) mass is 230 g/mol. The van der Waals surface area contributed by atoms with E-state index in [4.69, 9.17) is 0 Å². The fourth-order valence-electron chi connectivity index (χ4n) is 2.15. The summed E-state index contributed by atoms with van der Waals surface area (Å²) in [6.07, 6.45) is 10.5. The van der Waals surface area contributed by atoms with Crippen molar-refractivity contribution in [3.05, 3.63) is 12.7 Å². The van der Waals surface area contributed by atoms with Crippen molar-refractivity contribution in [2.24, 2.45) is 11.8 Å². The van der Waals surface area contributed by atoms with Crippen LogP contribution in [0.1, 0.15) is 38.5 Å². The first-order valence-corrected chi connectivity index (χ1v) is 6.15. The molecular formula is C11H19Br. The Labute approximate surface area is 84.6 Å². The van der Waals surface area contributed by atoms with Crippen molar-refractivity contribution in [1.82, 2.24) is 0 Å². The Morgan fingerprint density at radius 2 is 1.75 bits per heavy atom. The van der Waals surface area contributed by atoms with Gasteiger partial charge in [0.1, 0.15) is 0 Å². The second kappa shape index (κ2) is 5.80. The summed E-state index contributed by atoms with van der Waals surface area (Å²) in [6, 6.07) is 0. The maximum Gasteiger partial charge on any atom is 0.00339 e. The van der Waals surface area contributed by atoms with Crippen LogP contribution in [0.25, 0.3) is 0 Å². The van der Waals surface area contributed by atoms with Gasteiger partial charge in [0.25, 0.3) is 0 Å². The number of alkyl halides is 1. The summed E-state index contributed by atoms with van der Waals surface area (Å²) in [5.74, 6) is 1.96. The molecule has 0 spiro atoms. The Bertz CT molecular complexity index is 123. The van der Waals surface area contributed by atoms with E-state index in [-0.39, 0.29) is 0 Å². The first-order chi connectivity index (χ1) is 5.86. The molecule has 0 unspecified atom stereocenters. The van der Waals surface area contributed by atoms with E-state index >= 15 is 0 Å². The van der Waals surface area contributed by atoms with Crippen LogP contribution in [-0.2, 0) is 0 Å². The average Bonchev–Trinajstić information content (AvgIpc) is 2.09. The lowest BCUT2D eigenvalue weighted by Crippen LogP contribution is -2.14. The summed E-state index contributed by atoms with van der Waals surface area (Å²) < 4.78 is 0. The molecule has 0 radical (unpaired) electrons. The van der Waals surface area contributed by atoms with Crippen LogP contribution < -0.4 is 0 Å². The lowest BCUT2D eigenvalue weighted by Gasteiger charge is -2.27. The maximum atomic E-state index is 3.80. The Hall–Kier alpha value is 0.220. The highest BCUT2D eigenvalue weighted by molar-refractivity contribution is 9.09. The van der Waals surface area contributed by atoms with E-state index in [1.165, 1.54) is 43.9 Å². The van der Waals surface area contributed by atoms with Gasteiger partial charge < -0.3 is 0 Å². The zero-order valence-electron chi connectivity index (χ0n) is 7.77. The third-order valence-electron chi connectivity index (χ3n) is 2.98. The molecule has 12 heavy (non-hydrogen) atoms. The standard InChI is InChI=1S/C11H19Br/c1-2-3-10-4-6-11(7-5-10)8-9-12/h2,10-11H,1,3-9H2. The molecule has 0 atom stereocenters. The third-order valence-corrected chi connectivity index (χ3v) is 3.44. The van der Waals surface area contributed by atoms with Crippen LogP contribution in [0, 0.1) is 11.8 Å². The van der Waals surface area contributed by atoms with Gasteiger partial charge in [-0.05, 0) is 37.5 Å². The summed E-state index contributed by atoms with van der Waals surface area (Å²) in [5.41, 5.74) is 0. The molecule has 70 valence electrons. The first kappa shape index (κ1) is 10.3. The van der Waals surface area contributed by atoms with Crippen LogP contribution in [-0.4, -0.2) is 5.33 Å². The van der Waals surface area contributed by atoms with Gasteiger partial charge in [0.05, 0.1) is 0 Å². The molecule has 1 aliphatic carbocycles. The van der Waals surface area contributed by atoms with Crippen molar-refractivity contribution in [2.75, 3.05) is 5.33 Å². The zero-order valence-corrected chi connectivity index (χ0v) is 9.35. The van der Waals surface area contributed by atoms with Crippen LogP contribution in [0.5, 0.6) is 0 Å². The highest BCUT2D eigenvalue weighted by Gasteiger charge is 2.19. The van der Waals surface area contributed by atoms with Gasteiger partial charge in [0.2, 0.25) is 0 Å². The molecule has 0 N–H and O–H groups in total. The number of hydrogen-bond acceptors (Lipinski definition) is 0. The van der Waals surface area contributed by atoms with Crippen LogP contribution in [0.4, 0.5) is 0 Å². The van der Waals surface area contributed by atoms with E-state index in [1.807, 2.05) is 0 Å². The minimum absolute atomic E-state index is 0.953. The summed E-state index contributed by atoms with van der Waals surface area (Å²) >= 11 is 3.51. The van der Waals surface area contributed by atoms with Crippen LogP contribution in [0.15, 0.2) is 12.7 Å². The second-order valence-corrected chi connectivity index (χ2v) is 4.68. The molecule has 0 bridgehead atoms. The van der Waals surface area contributed by atoms with Crippen LogP contribution in [0.3, 0.4) is 0 Å². The van der Waals surface area contributed by atoms with E-state index in [0.717, 1.165) is 11.8 Å². The smallest absolute Gasteiger partial charge is 0.00339 e. The number of allylic oxidation sites excluding steroid dienone is 1. The van der Waals surface area contributed by atoms with Gasteiger partial charge in [-0.3, -0.25) is 0 Å². The predicted molar refractivity (Wildman–Crippen MR) is 58.7 cm³/mol. The Morgan fingerprint density at radius 1 is 1.17 bits per heavy atom. The average molecular weight is 231 g/mol. The molecule has 0 aromatic heterocycles. The molecule has 1 saturated carbocycles. The largest absolute Gasteiger partial charge is 0.103 e. The molecular weight excluding hydrogens is 212 g/mol. The van der Waals surface area contributed by atoms with Gasteiger partial charge in [0.15, 0.2) is 0 Å². The number of hydrogen-bond donors (Lipinski definition) is 0. The lowest BCUT2D eigenvalue weighted by molar-refractivity contribution is 0.272. The molecule has 1 fully saturated rings. The van der Waals surface area contributed by atoms with Crippen molar-refractivity contribution < 1.29 is 0 Å². The fourth-order valence-corrected chi connectivity index (χ4v) is 2.79. The predicted octanol–water partition coefficient (Wildman–Crippen LogP) is 4.15. The topological polar surface area (TPSA) is 0 Å². The summed E-state index contributed by atoms with van der Waals surface area (Å²) in [5, 5.41) is 1.18. The maximum absolute atomic E-state index is 3.80. The van der Waals surface area contributed by atoms with E-state index in [2.05, 4.69) is 28.6 Å². The molecule has 0 aromatic rings.